The van der Waals surface area contributed by atoms with E-state index in [1.807, 2.05) is 0 Å². The van der Waals surface area contributed by atoms with Crippen LogP contribution in [0.3, 0.4) is 0 Å². The lowest BCUT2D eigenvalue weighted by molar-refractivity contribution is 0.627. The van der Waals surface area contributed by atoms with Gasteiger partial charge in [-0.3, -0.25) is 4.99 Å². The second-order valence-electron chi connectivity index (χ2n) is 6.77. The van der Waals surface area contributed by atoms with E-state index < -0.39 is 0 Å². The summed E-state index contributed by atoms with van der Waals surface area (Å²) in [4.78, 5) is 4.22. The van der Waals surface area contributed by atoms with Crippen LogP contribution in [0.25, 0.3) is 5.69 Å². The van der Waals surface area contributed by atoms with Crippen molar-refractivity contribution in [1.29, 1.82) is 5.26 Å². The quantitative estimate of drug-likeness (QED) is 0.247. The van der Waals surface area contributed by atoms with E-state index in [2.05, 4.69) is 33.7 Å². The second kappa shape index (κ2) is 9.73. The lowest BCUT2D eigenvalue weighted by Crippen LogP contribution is -2.39. The summed E-state index contributed by atoms with van der Waals surface area (Å²) in [5.74, 6) is 1.42. The van der Waals surface area contributed by atoms with Gasteiger partial charge in [-0.05, 0) is 49.4 Å². The highest BCUT2D eigenvalue weighted by molar-refractivity contribution is 14.0. The van der Waals surface area contributed by atoms with E-state index in [-0.39, 0.29) is 35.6 Å². The average Bonchev–Trinajstić information content (AvgIpc) is 3.26. The van der Waals surface area contributed by atoms with Crippen molar-refractivity contribution in [3.63, 3.8) is 0 Å². The Balaban J connectivity index is 0.00000280. The molecule has 1 saturated carbocycles. The van der Waals surface area contributed by atoms with Gasteiger partial charge in [-0.1, -0.05) is 6.92 Å². The molecule has 28 heavy (non-hydrogen) atoms. The van der Waals surface area contributed by atoms with E-state index in [0.29, 0.717) is 41.9 Å². The highest BCUT2D eigenvalue weighted by Gasteiger charge is 2.33. The number of nitrogens with one attached hydrogen (secondary N) is 2. The zero-order valence-corrected chi connectivity index (χ0v) is 18.3. The molecule has 1 aliphatic rings. The third-order valence-electron chi connectivity index (χ3n) is 4.71. The maximum Gasteiger partial charge on any atom is 0.191 e. The molecule has 4 N–H and O–H groups in total. The van der Waals surface area contributed by atoms with Crippen molar-refractivity contribution in [3.05, 3.63) is 41.3 Å². The lowest BCUT2D eigenvalue weighted by Gasteiger charge is -2.11. The Kier molecular flexibility index (Phi) is 7.62. The number of hydrogen-bond acceptors (Lipinski definition) is 4. The highest BCUT2D eigenvalue weighted by Crippen LogP contribution is 2.28. The minimum atomic E-state index is -0.334. The maximum absolute atomic E-state index is 13.1. The number of hydrogen-bond donors (Lipinski definition) is 3. The zero-order valence-electron chi connectivity index (χ0n) is 15.9. The topological polar surface area (TPSA) is 104 Å². The summed E-state index contributed by atoms with van der Waals surface area (Å²) in [7, 11) is 1.75. The van der Waals surface area contributed by atoms with E-state index in [4.69, 9.17) is 5.73 Å². The Morgan fingerprint density at radius 3 is 2.68 bits per heavy atom. The predicted molar refractivity (Wildman–Crippen MR) is 118 cm³/mol. The number of aromatic nitrogens is 2. The second-order valence-corrected chi connectivity index (χ2v) is 6.77. The summed E-state index contributed by atoms with van der Waals surface area (Å²) in [6.07, 6.45) is 2.55. The number of guanidine groups is 1. The average molecular weight is 497 g/mol. The molecular weight excluding hydrogens is 472 g/mol. The molecule has 1 fully saturated rings. The van der Waals surface area contributed by atoms with Crippen molar-refractivity contribution in [2.24, 2.45) is 10.9 Å². The van der Waals surface area contributed by atoms with E-state index >= 15 is 0 Å². The maximum atomic E-state index is 13.1. The summed E-state index contributed by atoms with van der Waals surface area (Å²) < 4.78 is 14.6. The minimum Gasteiger partial charge on any atom is -0.382 e. The van der Waals surface area contributed by atoms with E-state index in [1.165, 1.54) is 23.2 Å². The minimum absolute atomic E-state index is 0. The first-order valence-electron chi connectivity index (χ1n) is 9.04. The molecular formula is C19H25FIN7. The largest absolute Gasteiger partial charge is 0.382 e. The number of benzene rings is 1. The van der Waals surface area contributed by atoms with Crippen molar-refractivity contribution in [3.8, 4) is 11.8 Å². The third kappa shape index (κ3) is 5.13. The predicted octanol–water partition coefficient (Wildman–Crippen LogP) is 2.59. The highest BCUT2D eigenvalue weighted by atomic mass is 127. The first-order valence-corrected chi connectivity index (χ1v) is 9.04. The number of anilines is 1. The fourth-order valence-electron chi connectivity index (χ4n) is 2.91. The van der Waals surface area contributed by atoms with Gasteiger partial charge in [-0.25, -0.2) is 9.07 Å². The van der Waals surface area contributed by atoms with E-state index in [9.17, 15) is 9.65 Å². The van der Waals surface area contributed by atoms with Crippen molar-refractivity contribution < 1.29 is 4.39 Å². The van der Waals surface area contributed by atoms with Crippen LogP contribution >= 0.6 is 24.0 Å². The number of nitrogens with zero attached hydrogens (tertiary/aromatic N) is 4. The van der Waals surface area contributed by atoms with Gasteiger partial charge in [-0.2, -0.15) is 10.4 Å². The van der Waals surface area contributed by atoms with Crippen LogP contribution in [-0.4, -0.2) is 35.4 Å². The molecule has 150 valence electrons. The van der Waals surface area contributed by atoms with Crippen molar-refractivity contribution in [2.45, 2.75) is 32.2 Å². The van der Waals surface area contributed by atoms with Gasteiger partial charge in [0, 0.05) is 19.6 Å². The summed E-state index contributed by atoms with van der Waals surface area (Å²) >= 11 is 0. The van der Waals surface area contributed by atoms with Crippen LogP contribution < -0.4 is 16.4 Å². The number of nitrogens with two attached hydrogens (primary N) is 1. The fraction of sp³-hybridized carbons (Fsp3) is 0.421. The SMILES string of the molecule is CN=C(NCCCc1nn(-c2ccc(F)cc2)c(N)c1C#N)NC1CC1C.I. The van der Waals surface area contributed by atoms with Gasteiger partial charge in [0.25, 0.3) is 0 Å². The molecule has 0 aliphatic heterocycles. The van der Waals surface area contributed by atoms with Crippen LogP contribution in [0.4, 0.5) is 10.2 Å². The van der Waals surface area contributed by atoms with Gasteiger partial charge in [0.05, 0.1) is 11.4 Å². The monoisotopic (exact) mass is 497 g/mol. The Morgan fingerprint density at radius 2 is 2.11 bits per heavy atom. The molecule has 3 rings (SSSR count). The Labute approximate surface area is 181 Å². The normalized spacial score (nSPS) is 18.1. The van der Waals surface area contributed by atoms with Crippen LogP contribution in [0.1, 0.15) is 31.0 Å². The molecule has 1 heterocycles. The first kappa shape index (κ1) is 21.9. The molecule has 2 aromatic rings. The third-order valence-corrected chi connectivity index (χ3v) is 4.71. The van der Waals surface area contributed by atoms with Crippen molar-refractivity contribution in [2.75, 3.05) is 19.3 Å². The summed E-state index contributed by atoms with van der Waals surface area (Å²) in [5, 5.41) is 20.5. The molecule has 0 radical (unpaired) electrons. The van der Waals surface area contributed by atoms with Crippen LogP contribution in [0.2, 0.25) is 0 Å². The first-order chi connectivity index (χ1) is 13.0. The van der Waals surface area contributed by atoms with Crippen LogP contribution in [0.15, 0.2) is 29.3 Å². The standard InChI is InChI=1S/C19H24FN7.HI/c1-12-10-17(12)25-19(23-2)24-9-3-4-16-15(11-21)18(22)27(26-16)14-7-5-13(20)6-8-14;/h5-8,12,17H,3-4,9-10,22H2,1-2H3,(H2,23,24,25);1H. The Hall–Kier alpha value is -2.35. The van der Waals surface area contributed by atoms with Gasteiger partial charge in [0.1, 0.15) is 23.3 Å². The number of nitrogen functional groups attached to an aromatic ring is 1. The Morgan fingerprint density at radius 1 is 1.43 bits per heavy atom. The van der Waals surface area contributed by atoms with Crippen LogP contribution in [0.5, 0.6) is 0 Å². The smallest absolute Gasteiger partial charge is 0.191 e. The molecule has 7 nitrogen and oxygen atoms in total. The molecule has 2 atom stereocenters. The van der Waals surface area contributed by atoms with Gasteiger partial charge in [0.2, 0.25) is 0 Å². The molecule has 0 bridgehead atoms. The summed E-state index contributed by atoms with van der Waals surface area (Å²) in [6.45, 7) is 2.91. The van der Waals surface area contributed by atoms with E-state index in [1.54, 1.807) is 19.2 Å². The van der Waals surface area contributed by atoms with Crippen molar-refractivity contribution in [1.82, 2.24) is 20.4 Å². The Bertz CT molecular complexity index is 870. The zero-order chi connectivity index (χ0) is 19.4. The van der Waals surface area contributed by atoms with Gasteiger partial charge < -0.3 is 16.4 Å². The number of aliphatic imine (C=N–C) groups is 1. The van der Waals surface area contributed by atoms with Crippen LogP contribution in [-0.2, 0) is 6.42 Å². The van der Waals surface area contributed by atoms with Gasteiger partial charge in [-0.15, -0.1) is 24.0 Å². The molecule has 0 spiro atoms. The van der Waals surface area contributed by atoms with Gasteiger partial charge >= 0.3 is 0 Å². The molecule has 2 unspecified atom stereocenters. The van der Waals surface area contributed by atoms with Crippen molar-refractivity contribution >= 4 is 35.8 Å². The molecule has 9 heteroatoms. The van der Waals surface area contributed by atoms with E-state index in [0.717, 1.165) is 12.4 Å². The number of rotatable bonds is 6. The number of halogens is 2. The van der Waals surface area contributed by atoms with Crippen LogP contribution in [0, 0.1) is 23.1 Å². The number of nitriles is 1. The molecule has 0 saturated heterocycles. The van der Waals surface area contributed by atoms with Gasteiger partial charge in [0.15, 0.2) is 5.96 Å². The molecule has 1 aromatic heterocycles. The number of aryl methyl sites for hydroxylation is 1. The summed E-state index contributed by atoms with van der Waals surface area (Å²) in [6, 6.07) is 8.48. The summed E-state index contributed by atoms with van der Waals surface area (Å²) in [5.41, 5.74) is 7.70. The molecule has 1 aliphatic carbocycles. The fourth-order valence-corrected chi connectivity index (χ4v) is 2.91. The molecule has 0 amide bonds. The lowest BCUT2D eigenvalue weighted by atomic mass is 10.1. The molecule has 1 aromatic carbocycles.